The van der Waals surface area contributed by atoms with Gasteiger partial charge in [-0.05, 0) is 11.1 Å². The van der Waals surface area contributed by atoms with Crippen LogP contribution in [-0.4, -0.2) is 10.2 Å². The molecular formula is C13H14NSi. The van der Waals surface area contributed by atoms with Crippen molar-refractivity contribution in [1.29, 1.82) is 5.26 Å². The highest BCUT2D eigenvalue weighted by Gasteiger charge is 1.89. The van der Waals surface area contributed by atoms with Crippen molar-refractivity contribution in [2.24, 2.45) is 0 Å². The molecule has 0 aromatic heterocycles. The van der Waals surface area contributed by atoms with E-state index in [1.165, 1.54) is 0 Å². The molecule has 75 valence electrons. The number of nitriles is 1. The number of hydrogen-bond donors (Lipinski definition) is 0. The van der Waals surface area contributed by atoms with Crippen LogP contribution in [0.4, 0.5) is 0 Å². The largest absolute Gasteiger partial charge is 0.198 e. The van der Waals surface area contributed by atoms with Gasteiger partial charge in [-0.25, -0.2) is 0 Å². The lowest BCUT2D eigenvalue weighted by Crippen LogP contribution is -1.76. The minimum absolute atomic E-state index is 0.00463. The first-order chi connectivity index (χ1) is 7.15. The van der Waals surface area contributed by atoms with Crippen LogP contribution in [0.5, 0.6) is 0 Å². The van der Waals surface area contributed by atoms with Gasteiger partial charge in [0.25, 0.3) is 0 Å². The van der Waals surface area contributed by atoms with Gasteiger partial charge in [-0.15, -0.1) is 0 Å². The van der Waals surface area contributed by atoms with Gasteiger partial charge in [0.15, 0.2) is 0 Å². The molecule has 0 aliphatic carbocycles. The van der Waals surface area contributed by atoms with Gasteiger partial charge < -0.3 is 0 Å². The predicted octanol–water partition coefficient (Wildman–Crippen LogP) is 3.46. The number of benzene rings is 1. The van der Waals surface area contributed by atoms with Crippen LogP contribution in [0.1, 0.15) is 18.1 Å². The Morgan fingerprint density at radius 2 is 1.60 bits per heavy atom. The molecule has 1 aromatic carbocycles. The second-order valence-electron chi connectivity index (χ2n) is 2.89. The molecule has 0 spiro atoms. The molecular weight excluding hydrogens is 198 g/mol. The standard InChI is InChI=1S/C10H10.C3H4NSi/c1-3-9-7-5-6-8-10(9)4-2;1-3(5)2-4/h3-8H,1-2H2;3H,1H3. The summed E-state index contributed by atoms with van der Waals surface area (Å²) in [7, 11) is 3.05. The third-order valence-electron chi connectivity index (χ3n) is 1.63. The van der Waals surface area contributed by atoms with Gasteiger partial charge in [0.2, 0.25) is 0 Å². The van der Waals surface area contributed by atoms with Crippen molar-refractivity contribution in [1.82, 2.24) is 0 Å². The molecule has 1 unspecified atom stereocenters. The summed E-state index contributed by atoms with van der Waals surface area (Å²) >= 11 is 0. The molecule has 15 heavy (non-hydrogen) atoms. The van der Waals surface area contributed by atoms with Gasteiger partial charge in [0.1, 0.15) is 0 Å². The van der Waals surface area contributed by atoms with E-state index in [1.807, 2.05) is 42.5 Å². The molecule has 0 saturated heterocycles. The molecule has 1 aromatic rings. The van der Waals surface area contributed by atoms with Crippen molar-refractivity contribution in [3.63, 3.8) is 0 Å². The monoisotopic (exact) mass is 212 g/mol. The van der Waals surface area contributed by atoms with Crippen molar-refractivity contribution >= 4 is 22.4 Å². The number of hydrogen-bond acceptors (Lipinski definition) is 1. The van der Waals surface area contributed by atoms with Crippen LogP contribution in [0.25, 0.3) is 12.2 Å². The van der Waals surface area contributed by atoms with Crippen molar-refractivity contribution in [2.45, 2.75) is 12.5 Å². The van der Waals surface area contributed by atoms with E-state index in [4.69, 9.17) is 5.26 Å². The highest BCUT2D eigenvalue weighted by atomic mass is 28.1. The molecule has 1 atom stereocenters. The molecule has 3 radical (unpaired) electrons. The van der Waals surface area contributed by atoms with Crippen molar-refractivity contribution < 1.29 is 0 Å². The maximum atomic E-state index is 7.84. The fourth-order valence-corrected chi connectivity index (χ4v) is 0.883. The minimum Gasteiger partial charge on any atom is -0.198 e. The average Bonchev–Trinajstić information content (AvgIpc) is 2.29. The van der Waals surface area contributed by atoms with E-state index in [2.05, 4.69) is 23.4 Å². The normalized spacial score (nSPS) is 10.2. The second-order valence-corrected chi connectivity index (χ2v) is 3.75. The molecule has 0 heterocycles. The minimum atomic E-state index is -0.00463. The van der Waals surface area contributed by atoms with Crippen LogP contribution in [0.3, 0.4) is 0 Å². The molecule has 0 amide bonds. The highest BCUT2D eigenvalue weighted by molar-refractivity contribution is 6.13. The lowest BCUT2D eigenvalue weighted by Gasteiger charge is -1.96. The molecule has 0 saturated carbocycles. The lowest BCUT2D eigenvalue weighted by atomic mass is 10.1. The lowest BCUT2D eigenvalue weighted by molar-refractivity contribution is 1.21. The Kier molecular flexibility index (Phi) is 6.95. The van der Waals surface area contributed by atoms with Gasteiger partial charge in [-0.2, -0.15) is 5.26 Å². The number of nitrogens with zero attached hydrogens (tertiary/aromatic N) is 1. The summed E-state index contributed by atoms with van der Waals surface area (Å²) in [5, 5.41) is 7.84. The Hall–Kier alpha value is -1.59. The summed E-state index contributed by atoms with van der Waals surface area (Å²) in [6.45, 7) is 9.16. The van der Waals surface area contributed by atoms with Gasteiger partial charge in [-0.3, -0.25) is 0 Å². The van der Waals surface area contributed by atoms with Crippen LogP contribution in [-0.2, 0) is 0 Å². The van der Waals surface area contributed by atoms with Crippen LogP contribution in [0.15, 0.2) is 37.4 Å². The maximum absolute atomic E-state index is 7.84. The number of rotatable bonds is 2. The summed E-state index contributed by atoms with van der Waals surface area (Å²) < 4.78 is 0. The van der Waals surface area contributed by atoms with Crippen LogP contribution >= 0.6 is 0 Å². The Morgan fingerprint density at radius 3 is 1.80 bits per heavy atom. The van der Waals surface area contributed by atoms with Crippen LogP contribution in [0, 0.1) is 11.3 Å². The van der Waals surface area contributed by atoms with E-state index in [0.29, 0.717) is 0 Å². The Labute approximate surface area is 95.2 Å². The molecule has 1 nitrogen and oxygen atoms in total. The summed E-state index contributed by atoms with van der Waals surface area (Å²) in [6, 6.07) is 9.96. The fraction of sp³-hybridized carbons (Fsp3) is 0.154. The van der Waals surface area contributed by atoms with Gasteiger partial charge in [0.05, 0.1) is 6.07 Å². The zero-order valence-electron chi connectivity index (χ0n) is 8.90. The zero-order chi connectivity index (χ0) is 11.7. The van der Waals surface area contributed by atoms with E-state index in [1.54, 1.807) is 6.92 Å². The topological polar surface area (TPSA) is 23.8 Å². The van der Waals surface area contributed by atoms with E-state index in [0.717, 1.165) is 11.1 Å². The first-order valence-electron chi connectivity index (χ1n) is 4.60. The van der Waals surface area contributed by atoms with Crippen LogP contribution in [0.2, 0.25) is 5.54 Å². The summed E-state index contributed by atoms with van der Waals surface area (Å²) in [4.78, 5) is 0. The van der Waals surface area contributed by atoms with Gasteiger partial charge in [0, 0.05) is 15.8 Å². The highest BCUT2D eigenvalue weighted by Crippen LogP contribution is 2.10. The summed E-state index contributed by atoms with van der Waals surface area (Å²) in [5.41, 5.74) is 2.27. The Balaban J connectivity index is 0.000000336. The SMILES string of the molecule is C=Cc1ccccc1C=C.CC([Si])C#N. The summed E-state index contributed by atoms with van der Waals surface area (Å²) in [6.07, 6.45) is 3.66. The smallest absolute Gasteiger partial charge is 0.0612 e. The van der Waals surface area contributed by atoms with E-state index < -0.39 is 0 Å². The van der Waals surface area contributed by atoms with E-state index in [9.17, 15) is 0 Å². The molecule has 0 aliphatic heterocycles. The third kappa shape index (κ3) is 5.66. The fourth-order valence-electron chi connectivity index (χ4n) is 0.883. The average molecular weight is 212 g/mol. The van der Waals surface area contributed by atoms with Crippen molar-refractivity contribution in [3.05, 3.63) is 48.6 Å². The van der Waals surface area contributed by atoms with Gasteiger partial charge in [-0.1, -0.05) is 56.5 Å². The van der Waals surface area contributed by atoms with Crippen molar-refractivity contribution in [3.8, 4) is 6.07 Å². The first-order valence-corrected chi connectivity index (χ1v) is 5.18. The molecule has 0 bridgehead atoms. The molecule has 1 rings (SSSR count). The van der Waals surface area contributed by atoms with E-state index >= 15 is 0 Å². The summed E-state index contributed by atoms with van der Waals surface area (Å²) in [5.74, 6) is 0. The van der Waals surface area contributed by atoms with Crippen molar-refractivity contribution in [2.75, 3.05) is 0 Å². The Bertz CT molecular complexity index is 334. The maximum Gasteiger partial charge on any atom is 0.0612 e. The van der Waals surface area contributed by atoms with Gasteiger partial charge >= 0.3 is 0 Å². The quantitative estimate of drug-likeness (QED) is 0.689. The van der Waals surface area contributed by atoms with E-state index in [-0.39, 0.29) is 5.54 Å². The first kappa shape index (κ1) is 13.4. The molecule has 0 aliphatic rings. The third-order valence-corrected chi connectivity index (χ3v) is 1.76. The zero-order valence-corrected chi connectivity index (χ0v) is 9.90. The van der Waals surface area contributed by atoms with Crippen LogP contribution < -0.4 is 0 Å². The Morgan fingerprint density at radius 1 is 1.27 bits per heavy atom. The molecule has 0 N–H and O–H groups in total. The second kappa shape index (κ2) is 7.78. The molecule has 0 fully saturated rings. The molecule has 2 heteroatoms. The predicted molar refractivity (Wildman–Crippen MR) is 67.4 cm³/mol.